The molecule has 0 aliphatic heterocycles. The zero-order chi connectivity index (χ0) is 22.5. The average molecular weight is 441 g/mol. The van der Waals surface area contributed by atoms with E-state index in [1.165, 1.54) is 34.6 Å². The minimum absolute atomic E-state index is 0.0194. The third-order valence-corrected chi connectivity index (χ3v) is 6.93. The Labute approximate surface area is 187 Å². The van der Waals surface area contributed by atoms with E-state index in [0.717, 1.165) is 24.1 Å². The van der Waals surface area contributed by atoms with Crippen molar-refractivity contribution in [2.24, 2.45) is 5.92 Å². The van der Waals surface area contributed by atoms with Gasteiger partial charge in [-0.15, -0.1) is 11.3 Å². The highest BCUT2D eigenvalue weighted by Gasteiger charge is 2.25. The number of thiophene rings is 1. The molecule has 0 saturated heterocycles. The average Bonchev–Trinajstić information content (AvgIpc) is 3.13. The Morgan fingerprint density at radius 1 is 1.13 bits per heavy atom. The third-order valence-electron chi connectivity index (χ3n) is 5.81. The van der Waals surface area contributed by atoms with Gasteiger partial charge in [0.2, 0.25) is 0 Å². The maximum Gasteiger partial charge on any atom is 0.350 e. The lowest BCUT2D eigenvalue weighted by molar-refractivity contribution is 0.0922. The van der Waals surface area contributed by atoms with E-state index in [1.54, 1.807) is 18.3 Å². The maximum absolute atomic E-state index is 13.0. The Morgan fingerprint density at radius 3 is 2.58 bits per heavy atom. The lowest BCUT2D eigenvalue weighted by Crippen LogP contribution is -2.22. The number of aromatic hydroxyl groups is 1. The van der Waals surface area contributed by atoms with Gasteiger partial charge < -0.3 is 9.52 Å². The summed E-state index contributed by atoms with van der Waals surface area (Å²) in [7, 11) is 0. The highest BCUT2D eigenvalue weighted by atomic mass is 32.1. The number of hydrogen-bond donors (Lipinski definition) is 1. The van der Waals surface area contributed by atoms with Gasteiger partial charge in [-0.1, -0.05) is 52.7 Å². The molecule has 31 heavy (non-hydrogen) atoms. The van der Waals surface area contributed by atoms with Gasteiger partial charge in [0.15, 0.2) is 5.78 Å². The van der Waals surface area contributed by atoms with E-state index in [0.29, 0.717) is 12.2 Å². The molecule has 5 heteroatoms. The van der Waals surface area contributed by atoms with Crippen LogP contribution in [0, 0.1) is 5.92 Å². The van der Waals surface area contributed by atoms with Crippen molar-refractivity contribution in [2.45, 2.75) is 72.1 Å². The van der Waals surface area contributed by atoms with Crippen molar-refractivity contribution in [3.05, 3.63) is 62.5 Å². The summed E-state index contributed by atoms with van der Waals surface area (Å²) in [6, 6.07) is 10.1. The molecule has 2 unspecified atom stereocenters. The highest BCUT2D eigenvalue weighted by Crippen LogP contribution is 2.31. The van der Waals surface area contributed by atoms with Gasteiger partial charge in [-0.2, -0.15) is 0 Å². The second-order valence-electron chi connectivity index (χ2n) is 8.54. The first-order chi connectivity index (χ1) is 14.8. The molecule has 0 amide bonds. The minimum atomic E-state index is -0.744. The van der Waals surface area contributed by atoms with E-state index in [9.17, 15) is 14.7 Å². The smallest absolute Gasteiger partial charge is 0.350 e. The van der Waals surface area contributed by atoms with E-state index in [4.69, 9.17) is 4.42 Å². The van der Waals surface area contributed by atoms with Gasteiger partial charge in [-0.05, 0) is 48.8 Å². The molecule has 0 radical (unpaired) electrons. The number of aryl methyl sites for hydroxylation is 1. The topological polar surface area (TPSA) is 67.5 Å². The molecular weight excluding hydrogens is 408 g/mol. The number of benzene rings is 1. The van der Waals surface area contributed by atoms with Gasteiger partial charge in [-0.25, -0.2) is 4.79 Å². The number of Topliss-reactive ketones (excluding diaryl/α,β-unsaturated/α-hetero) is 1. The predicted molar refractivity (Wildman–Crippen MR) is 128 cm³/mol. The van der Waals surface area contributed by atoms with Crippen LogP contribution in [0.3, 0.4) is 0 Å². The van der Waals surface area contributed by atoms with Crippen LogP contribution < -0.4 is 5.63 Å². The molecule has 2 atom stereocenters. The Balaban J connectivity index is 1.78. The molecule has 2 aromatic heterocycles. The molecule has 3 rings (SSSR count). The van der Waals surface area contributed by atoms with Crippen molar-refractivity contribution in [3.8, 4) is 5.75 Å². The van der Waals surface area contributed by atoms with Gasteiger partial charge in [0.25, 0.3) is 0 Å². The zero-order valence-corrected chi connectivity index (χ0v) is 19.7. The van der Waals surface area contributed by atoms with E-state index in [1.807, 2.05) is 13.8 Å². The summed E-state index contributed by atoms with van der Waals surface area (Å²) in [5.41, 5.74) is 0.362. The summed E-state index contributed by atoms with van der Waals surface area (Å²) < 4.78 is 6.61. The summed E-state index contributed by atoms with van der Waals surface area (Å²) in [5.74, 6) is -0.631. The van der Waals surface area contributed by atoms with Crippen molar-refractivity contribution in [1.82, 2.24) is 0 Å². The van der Waals surface area contributed by atoms with Crippen LogP contribution in [0.5, 0.6) is 5.75 Å². The van der Waals surface area contributed by atoms with Crippen molar-refractivity contribution in [3.63, 3.8) is 0 Å². The van der Waals surface area contributed by atoms with E-state index >= 15 is 0 Å². The maximum atomic E-state index is 13.0. The molecule has 3 aromatic rings. The van der Waals surface area contributed by atoms with Gasteiger partial charge >= 0.3 is 5.63 Å². The Hall–Kier alpha value is -2.40. The number of hydrogen-bond acceptors (Lipinski definition) is 5. The molecule has 0 spiro atoms. The zero-order valence-electron chi connectivity index (χ0n) is 18.9. The van der Waals surface area contributed by atoms with Crippen molar-refractivity contribution < 1.29 is 14.3 Å². The molecular formula is C26H32O4S. The van der Waals surface area contributed by atoms with Gasteiger partial charge in [0, 0.05) is 27.5 Å². The molecule has 0 aliphatic rings. The third kappa shape index (κ3) is 5.45. The fraction of sp³-hybridized carbons (Fsp3) is 0.462. The van der Waals surface area contributed by atoms with Crippen LogP contribution in [0.2, 0.25) is 0 Å². The normalized spacial score (nSPS) is 13.4. The number of carbonyl (C=O) groups is 1. The molecule has 1 aromatic carbocycles. The van der Waals surface area contributed by atoms with Gasteiger partial charge in [-0.3, -0.25) is 4.79 Å². The first kappa shape index (κ1) is 23.3. The van der Waals surface area contributed by atoms with Crippen molar-refractivity contribution in [2.75, 3.05) is 0 Å². The Morgan fingerprint density at radius 2 is 1.90 bits per heavy atom. The molecule has 2 heterocycles. The second-order valence-corrected chi connectivity index (χ2v) is 9.71. The van der Waals surface area contributed by atoms with Crippen LogP contribution >= 0.6 is 11.3 Å². The Kier molecular flexibility index (Phi) is 7.71. The van der Waals surface area contributed by atoms with E-state index in [-0.39, 0.29) is 23.0 Å². The molecule has 0 fully saturated rings. The standard InChI is InChI=1S/C26H32O4S/c1-5-7-9-18-10-11-19-14-20(31-23(19)13-18)12-17(4)25(28)24-21(27)15-22(30-26(24)29)16(3)8-6-2/h10-11,13-17,27H,5-9,12H2,1-4H3. The van der Waals surface area contributed by atoms with Crippen LogP contribution in [0.4, 0.5) is 0 Å². The first-order valence-corrected chi connectivity index (χ1v) is 12.1. The van der Waals surface area contributed by atoms with Crippen molar-refractivity contribution >= 4 is 27.2 Å². The van der Waals surface area contributed by atoms with E-state index in [2.05, 4.69) is 31.2 Å². The summed E-state index contributed by atoms with van der Waals surface area (Å²) >= 11 is 1.69. The molecule has 0 saturated carbocycles. The fourth-order valence-corrected chi connectivity index (χ4v) is 5.21. The number of carbonyl (C=O) groups excluding carboxylic acids is 1. The van der Waals surface area contributed by atoms with Crippen LogP contribution in [-0.4, -0.2) is 10.9 Å². The fourth-order valence-electron chi connectivity index (χ4n) is 3.95. The number of rotatable bonds is 10. The summed E-state index contributed by atoms with van der Waals surface area (Å²) in [5, 5.41) is 11.6. The van der Waals surface area contributed by atoms with Crippen LogP contribution in [-0.2, 0) is 12.8 Å². The minimum Gasteiger partial charge on any atom is -0.507 e. The van der Waals surface area contributed by atoms with Gasteiger partial charge in [0.05, 0.1) is 0 Å². The highest BCUT2D eigenvalue weighted by molar-refractivity contribution is 7.19. The molecule has 166 valence electrons. The van der Waals surface area contributed by atoms with Crippen LogP contribution in [0.1, 0.15) is 85.9 Å². The van der Waals surface area contributed by atoms with Gasteiger partial charge in [0.1, 0.15) is 17.1 Å². The largest absolute Gasteiger partial charge is 0.507 e. The summed E-state index contributed by atoms with van der Waals surface area (Å²) in [4.78, 5) is 26.6. The quantitative estimate of drug-likeness (QED) is 0.349. The lowest BCUT2D eigenvalue weighted by Gasteiger charge is -2.13. The number of unbranched alkanes of at least 4 members (excludes halogenated alkanes) is 1. The SMILES string of the molecule is CCCCc1ccc2cc(CC(C)C(=O)c3c(O)cc(C(C)CCC)oc3=O)sc2c1. The van der Waals surface area contributed by atoms with E-state index < -0.39 is 11.5 Å². The lowest BCUT2D eigenvalue weighted by atomic mass is 9.95. The molecule has 4 nitrogen and oxygen atoms in total. The molecule has 1 N–H and O–H groups in total. The van der Waals surface area contributed by atoms with Crippen LogP contribution in [0.25, 0.3) is 10.1 Å². The number of fused-ring (bicyclic) bond motifs is 1. The predicted octanol–water partition coefficient (Wildman–Crippen LogP) is 6.87. The monoisotopic (exact) mass is 440 g/mol. The summed E-state index contributed by atoms with van der Waals surface area (Å²) in [6.07, 6.45) is 5.74. The molecule has 0 aliphatic carbocycles. The molecule has 0 bridgehead atoms. The number of ketones is 1. The Bertz CT molecular complexity index is 1110. The summed E-state index contributed by atoms with van der Waals surface area (Å²) in [6.45, 7) is 7.98. The first-order valence-electron chi connectivity index (χ1n) is 11.3. The van der Waals surface area contributed by atoms with Crippen LogP contribution in [0.15, 0.2) is 39.5 Å². The second kappa shape index (κ2) is 10.3. The van der Waals surface area contributed by atoms with Crippen molar-refractivity contribution in [1.29, 1.82) is 0 Å².